The highest BCUT2D eigenvalue weighted by Gasteiger charge is 2.23. The molecule has 2 atom stereocenters. The Morgan fingerprint density at radius 1 is 1.50 bits per heavy atom. The van der Waals surface area contributed by atoms with E-state index in [-0.39, 0.29) is 17.9 Å². The number of carbonyl (C=O) groups excluding carboxylic acids is 1. The van der Waals surface area contributed by atoms with Crippen molar-refractivity contribution in [2.45, 2.75) is 46.3 Å². The van der Waals surface area contributed by atoms with E-state index in [1.807, 2.05) is 12.1 Å². The molecule has 1 N–H and O–H groups in total. The number of ether oxygens (including phenoxy) is 2. The lowest BCUT2D eigenvalue weighted by Gasteiger charge is -2.16. The van der Waals surface area contributed by atoms with E-state index in [0.29, 0.717) is 31.6 Å². The third-order valence-corrected chi connectivity index (χ3v) is 3.69. The Morgan fingerprint density at radius 3 is 3.00 bits per heavy atom. The topological polar surface area (TPSA) is 60.5 Å². The maximum Gasteiger partial charge on any atom is 0.225 e. The standard InChI is InChI=1S/C17H26N2O3/c1-12(2)8-13(3)22-16-9-14(4-6-18-16)10-19-17(20)15-5-7-21-11-15/h4,6,9,12-13,15H,5,7-8,10-11H2,1-3H3,(H,19,20)/t13-,15+/m1/s1. The maximum absolute atomic E-state index is 12.0. The van der Waals surface area contributed by atoms with Gasteiger partial charge < -0.3 is 14.8 Å². The summed E-state index contributed by atoms with van der Waals surface area (Å²) in [6.45, 7) is 8.10. The Balaban J connectivity index is 1.84. The minimum absolute atomic E-state index is 0.0105. The summed E-state index contributed by atoms with van der Waals surface area (Å²) in [5, 5.41) is 2.95. The molecule has 1 saturated heterocycles. The molecule has 1 aliphatic rings. The number of hydrogen-bond donors (Lipinski definition) is 1. The van der Waals surface area contributed by atoms with Crippen molar-refractivity contribution >= 4 is 5.91 Å². The van der Waals surface area contributed by atoms with Crippen molar-refractivity contribution in [2.75, 3.05) is 13.2 Å². The van der Waals surface area contributed by atoms with Gasteiger partial charge in [-0.15, -0.1) is 0 Å². The van der Waals surface area contributed by atoms with Crippen molar-refractivity contribution in [1.82, 2.24) is 10.3 Å². The first-order valence-corrected chi connectivity index (χ1v) is 8.01. The van der Waals surface area contributed by atoms with Crippen LogP contribution < -0.4 is 10.1 Å². The first-order valence-electron chi connectivity index (χ1n) is 8.01. The molecule has 22 heavy (non-hydrogen) atoms. The van der Waals surface area contributed by atoms with Crippen LogP contribution in [0.4, 0.5) is 0 Å². The van der Waals surface area contributed by atoms with Gasteiger partial charge in [0.2, 0.25) is 11.8 Å². The van der Waals surface area contributed by atoms with Crippen molar-refractivity contribution in [1.29, 1.82) is 0 Å². The third-order valence-electron chi connectivity index (χ3n) is 3.69. The molecule has 1 aromatic rings. The number of nitrogens with zero attached hydrogens (tertiary/aromatic N) is 1. The first-order chi connectivity index (χ1) is 10.5. The SMILES string of the molecule is CC(C)C[C@@H](C)Oc1cc(CNC(=O)[C@H]2CCOC2)ccn1. The van der Waals surface area contributed by atoms with Gasteiger partial charge in [-0.2, -0.15) is 0 Å². The average molecular weight is 306 g/mol. The molecule has 0 saturated carbocycles. The third kappa shape index (κ3) is 5.30. The van der Waals surface area contributed by atoms with Crippen molar-refractivity contribution < 1.29 is 14.3 Å². The number of aromatic nitrogens is 1. The van der Waals surface area contributed by atoms with Crippen LogP contribution in [0.15, 0.2) is 18.3 Å². The zero-order valence-corrected chi connectivity index (χ0v) is 13.7. The van der Waals surface area contributed by atoms with Crippen molar-refractivity contribution in [3.8, 4) is 5.88 Å². The normalized spacial score (nSPS) is 19.2. The van der Waals surface area contributed by atoms with Gasteiger partial charge in [0.25, 0.3) is 0 Å². The summed E-state index contributed by atoms with van der Waals surface area (Å²) in [5.41, 5.74) is 0.994. The molecule has 0 unspecified atom stereocenters. The molecule has 1 fully saturated rings. The number of pyridine rings is 1. The van der Waals surface area contributed by atoms with Crippen LogP contribution in [0.25, 0.3) is 0 Å². The molecule has 2 rings (SSSR count). The molecule has 1 aromatic heterocycles. The van der Waals surface area contributed by atoms with Gasteiger partial charge in [0.1, 0.15) is 0 Å². The van der Waals surface area contributed by atoms with Gasteiger partial charge in [-0.1, -0.05) is 13.8 Å². The van der Waals surface area contributed by atoms with Crippen LogP contribution in [-0.4, -0.2) is 30.2 Å². The van der Waals surface area contributed by atoms with Gasteiger partial charge in [-0.05, 0) is 37.3 Å². The van der Waals surface area contributed by atoms with Crippen LogP contribution >= 0.6 is 0 Å². The van der Waals surface area contributed by atoms with Gasteiger partial charge in [-0.25, -0.2) is 4.98 Å². The summed E-state index contributed by atoms with van der Waals surface area (Å²) in [7, 11) is 0. The fourth-order valence-electron chi connectivity index (χ4n) is 2.62. The summed E-state index contributed by atoms with van der Waals surface area (Å²) >= 11 is 0. The van der Waals surface area contributed by atoms with Crippen LogP contribution in [0.5, 0.6) is 5.88 Å². The average Bonchev–Trinajstić information content (AvgIpc) is 2.98. The predicted octanol–water partition coefficient (Wildman–Crippen LogP) is 2.55. The number of hydrogen-bond acceptors (Lipinski definition) is 4. The molecule has 1 aliphatic heterocycles. The lowest BCUT2D eigenvalue weighted by Crippen LogP contribution is -2.30. The number of amides is 1. The lowest BCUT2D eigenvalue weighted by molar-refractivity contribution is -0.125. The lowest BCUT2D eigenvalue weighted by atomic mass is 10.1. The molecule has 0 radical (unpaired) electrons. The van der Waals surface area contributed by atoms with Crippen molar-refractivity contribution in [3.63, 3.8) is 0 Å². The Labute approximate surface area is 132 Å². The summed E-state index contributed by atoms with van der Waals surface area (Å²) in [6, 6.07) is 3.79. The second kappa shape index (κ2) is 8.13. The number of rotatable bonds is 7. The first kappa shape index (κ1) is 16.7. The molecule has 0 spiro atoms. The predicted molar refractivity (Wildman–Crippen MR) is 84.6 cm³/mol. The van der Waals surface area contributed by atoms with Crippen molar-refractivity contribution in [3.05, 3.63) is 23.9 Å². The fraction of sp³-hybridized carbons (Fsp3) is 0.647. The Morgan fingerprint density at radius 2 is 2.32 bits per heavy atom. The van der Waals surface area contributed by atoms with E-state index in [0.717, 1.165) is 18.4 Å². The summed E-state index contributed by atoms with van der Waals surface area (Å²) in [4.78, 5) is 16.2. The Kier molecular flexibility index (Phi) is 6.19. The van der Waals surface area contributed by atoms with Gasteiger partial charge in [0.15, 0.2) is 0 Å². The summed E-state index contributed by atoms with van der Waals surface area (Å²) in [5.74, 6) is 1.25. The highest BCUT2D eigenvalue weighted by atomic mass is 16.5. The van der Waals surface area contributed by atoms with Crippen LogP contribution in [0, 0.1) is 11.8 Å². The zero-order chi connectivity index (χ0) is 15.9. The molecule has 1 amide bonds. The van der Waals surface area contributed by atoms with Crippen LogP contribution in [-0.2, 0) is 16.1 Å². The van der Waals surface area contributed by atoms with E-state index >= 15 is 0 Å². The molecule has 5 heteroatoms. The second-order valence-electron chi connectivity index (χ2n) is 6.34. The fourth-order valence-corrected chi connectivity index (χ4v) is 2.62. The van der Waals surface area contributed by atoms with Crippen LogP contribution in [0.1, 0.15) is 39.2 Å². The minimum Gasteiger partial charge on any atom is -0.475 e. The Bertz CT molecular complexity index is 485. The van der Waals surface area contributed by atoms with Gasteiger partial charge >= 0.3 is 0 Å². The highest BCUT2D eigenvalue weighted by Crippen LogP contribution is 2.16. The van der Waals surface area contributed by atoms with E-state index in [9.17, 15) is 4.79 Å². The maximum atomic E-state index is 12.0. The molecule has 0 bridgehead atoms. The smallest absolute Gasteiger partial charge is 0.225 e. The summed E-state index contributed by atoms with van der Waals surface area (Å²) in [6.07, 6.45) is 3.65. The number of nitrogens with one attached hydrogen (secondary N) is 1. The van der Waals surface area contributed by atoms with Crippen LogP contribution in [0.3, 0.4) is 0 Å². The largest absolute Gasteiger partial charge is 0.475 e. The Hall–Kier alpha value is -1.62. The van der Waals surface area contributed by atoms with Gasteiger partial charge in [0.05, 0.1) is 18.6 Å². The molecular formula is C17H26N2O3. The molecular weight excluding hydrogens is 280 g/mol. The highest BCUT2D eigenvalue weighted by molar-refractivity contribution is 5.78. The second-order valence-corrected chi connectivity index (χ2v) is 6.34. The van der Waals surface area contributed by atoms with E-state index < -0.39 is 0 Å². The quantitative estimate of drug-likeness (QED) is 0.841. The van der Waals surface area contributed by atoms with E-state index in [1.54, 1.807) is 6.20 Å². The summed E-state index contributed by atoms with van der Waals surface area (Å²) < 4.78 is 11.1. The number of carbonyl (C=O) groups is 1. The zero-order valence-electron chi connectivity index (χ0n) is 13.7. The molecule has 0 aliphatic carbocycles. The van der Waals surface area contributed by atoms with E-state index in [1.165, 1.54) is 0 Å². The van der Waals surface area contributed by atoms with E-state index in [4.69, 9.17) is 9.47 Å². The van der Waals surface area contributed by atoms with Gasteiger partial charge in [0, 0.05) is 25.4 Å². The molecule has 0 aromatic carbocycles. The molecule has 5 nitrogen and oxygen atoms in total. The van der Waals surface area contributed by atoms with Crippen LogP contribution in [0.2, 0.25) is 0 Å². The van der Waals surface area contributed by atoms with Crippen molar-refractivity contribution in [2.24, 2.45) is 11.8 Å². The minimum atomic E-state index is -0.0105. The van der Waals surface area contributed by atoms with Gasteiger partial charge in [-0.3, -0.25) is 4.79 Å². The molecule has 2 heterocycles. The molecule has 122 valence electrons. The van der Waals surface area contributed by atoms with E-state index in [2.05, 4.69) is 31.1 Å². The monoisotopic (exact) mass is 306 g/mol.